The summed E-state index contributed by atoms with van der Waals surface area (Å²) in [6.07, 6.45) is 1.70. The second-order valence-corrected chi connectivity index (χ2v) is 4.89. The molecule has 5 nitrogen and oxygen atoms in total. The molecule has 17 heavy (non-hydrogen) atoms. The summed E-state index contributed by atoms with van der Waals surface area (Å²) in [6, 6.07) is 0. The molecule has 0 aromatic carbocycles. The molecule has 1 saturated heterocycles. The fourth-order valence-electron chi connectivity index (χ4n) is 2.54. The van der Waals surface area contributed by atoms with Crippen molar-refractivity contribution < 1.29 is 19.7 Å². The molecule has 1 fully saturated rings. The summed E-state index contributed by atoms with van der Waals surface area (Å²) in [6.45, 7) is 4.09. The van der Waals surface area contributed by atoms with Crippen molar-refractivity contribution in [1.82, 2.24) is 4.90 Å². The minimum Gasteiger partial charge on any atom is -0.481 e. The van der Waals surface area contributed by atoms with Crippen LogP contribution in [-0.2, 0) is 9.53 Å². The average Bonchev–Trinajstić information content (AvgIpc) is 2.29. The molecular formula is C12H23NO4. The predicted octanol–water partition coefficient (Wildman–Crippen LogP) is 0.570. The van der Waals surface area contributed by atoms with Gasteiger partial charge in [0.25, 0.3) is 0 Å². The number of aliphatic hydroxyl groups excluding tert-OH is 1. The number of hydrogen-bond donors (Lipinski definition) is 2. The molecule has 1 rings (SSSR count). The molecule has 1 aliphatic heterocycles. The molecule has 0 saturated carbocycles. The highest BCUT2D eigenvalue weighted by atomic mass is 16.5. The van der Waals surface area contributed by atoms with E-state index in [2.05, 4.69) is 0 Å². The number of methoxy groups -OCH3 is 1. The Morgan fingerprint density at radius 1 is 1.59 bits per heavy atom. The molecule has 0 amide bonds. The van der Waals surface area contributed by atoms with Crippen molar-refractivity contribution >= 4 is 5.97 Å². The van der Waals surface area contributed by atoms with Crippen LogP contribution in [0.5, 0.6) is 0 Å². The number of hydrogen-bond acceptors (Lipinski definition) is 4. The van der Waals surface area contributed by atoms with Crippen molar-refractivity contribution in [3.05, 3.63) is 0 Å². The minimum atomic E-state index is -0.717. The third-order valence-electron chi connectivity index (χ3n) is 3.61. The second kappa shape index (κ2) is 6.33. The molecule has 2 N–H and O–H groups in total. The van der Waals surface area contributed by atoms with E-state index in [1.807, 2.05) is 11.8 Å². The maximum Gasteiger partial charge on any atom is 0.310 e. The van der Waals surface area contributed by atoms with Gasteiger partial charge in [-0.3, -0.25) is 9.69 Å². The lowest BCUT2D eigenvalue weighted by molar-refractivity contribution is -0.153. The van der Waals surface area contributed by atoms with Crippen LogP contribution in [-0.4, -0.2) is 60.5 Å². The molecule has 2 atom stereocenters. The molecule has 0 radical (unpaired) electrons. The van der Waals surface area contributed by atoms with Gasteiger partial charge in [-0.05, 0) is 25.8 Å². The summed E-state index contributed by atoms with van der Waals surface area (Å²) in [7, 11) is 1.55. The number of carboxylic acids is 1. The molecule has 0 aromatic heterocycles. The van der Waals surface area contributed by atoms with Crippen LogP contribution in [0.3, 0.4) is 0 Å². The van der Waals surface area contributed by atoms with Crippen molar-refractivity contribution in [3.63, 3.8) is 0 Å². The molecule has 0 aliphatic carbocycles. The number of likely N-dealkylation sites (tertiary alicyclic amines) is 1. The van der Waals surface area contributed by atoms with Crippen LogP contribution >= 0.6 is 0 Å². The highest BCUT2D eigenvalue weighted by Crippen LogP contribution is 2.33. The quantitative estimate of drug-likeness (QED) is 0.716. The number of β-amino-alcohol motifs (C(OH)–C–C–N with tert-alkyl or cyclic N) is 1. The molecule has 0 aromatic rings. The van der Waals surface area contributed by atoms with Crippen molar-refractivity contribution in [2.24, 2.45) is 5.41 Å². The molecule has 2 unspecified atom stereocenters. The van der Waals surface area contributed by atoms with E-state index in [0.29, 0.717) is 26.1 Å². The third kappa shape index (κ3) is 3.66. The first-order chi connectivity index (χ1) is 8.04. The van der Waals surface area contributed by atoms with Gasteiger partial charge in [0, 0.05) is 20.2 Å². The Bertz CT molecular complexity index is 259. The first kappa shape index (κ1) is 14.4. The Balaban J connectivity index is 2.56. The molecule has 1 aliphatic rings. The zero-order valence-electron chi connectivity index (χ0n) is 10.7. The first-order valence-corrected chi connectivity index (χ1v) is 6.17. The Hall–Kier alpha value is -0.650. The van der Waals surface area contributed by atoms with Gasteiger partial charge in [-0.2, -0.15) is 0 Å². The van der Waals surface area contributed by atoms with E-state index in [1.54, 1.807) is 7.11 Å². The van der Waals surface area contributed by atoms with Gasteiger partial charge >= 0.3 is 5.97 Å². The SMILES string of the molecule is CCC1(C(=O)O)CCCN(CC(O)COC)C1. The third-order valence-corrected chi connectivity index (χ3v) is 3.61. The van der Waals surface area contributed by atoms with Crippen molar-refractivity contribution in [3.8, 4) is 0 Å². The van der Waals surface area contributed by atoms with Gasteiger partial charge in [0.1, 0.15) is 0 Å². The molecule has 0 spiro atoms. The van der Waals surface area contributed by atoms with Crippen LogP contribution in [0.15, 0.2) is 0 Å². The lowest BCUT2D eigenvalue weighted by Crippen LogP contribution is -2.49. The van der Waals surface area contributed by atoms with Gasteiger partial charge in [-0.1, -0.05) is 6.92 Å². The average molecular weight is 245 g/mol. The summed E-state index contributed by atoms with van der Waals surface area (Å²) >= 11 is 0. The first-order valence-electron chi connectivity index (χ1n) is 6.17. The van der Waals surface area contributed by atoms with Gasteiger partial charge in [0.05, 0.1) is 18.1 Å². The van der Waals surface area contributed by atoms with E-state index >= 15 is 0 Å². The second-order valence-electron chi connectivity index (χ2n) is 4.89. The molecule has 0 bridgehead atoms. The highest BCUT2D eigenvalue weighted by molar-refractivity contribution is 5.75. The largest absolute Gasteiger partial charge is 0.481 e. The van der Waals surface area contributed by atoms with Gasteiger partial charge in [0.15, 0.2) is 0 Å². The lowest BCUT2D eigenvalue weighted by Gasteiger charge is -2.40. The van der Waals surface area contributed by atoms with Crippen LogP contribution in [0, 0.1) is 5.41 Å². The Morgan fingerprint density at radius 2 is 2.29 bits per heavy atom. The monoisotopic (exact) mass is 245 g/mol. The van der Waals surface area contributed by atoms with Crippen LogP contribution in [0.25, 0.3) is 0 Å². The van der Waals surface area contributed by atoms with Crippen molar-refractivity contribution in [2.45, 2.75) is 32.3 Å². The number of carboxylic acid groups (broad SMARTS) is 1. The van der Waals surface area contributed by atoms with E-state index < -0.39 is 17.5 Å². The minimum absolute atomic E-state index is 0.294. The maximum atomic E-state index is 11.4. The van der Waals surface area contributed by atoms with Crippen molar-refractivity contribution in [1.29, 1.82) is 0 Å². The Morgan fingerprint density at radius 3 is 2.82 bits per heavy atom. The zero-order chi connectivity index (χ0) is 12.9. The van der Waals surface area contributed by atoms with E-state index in [-0.39, 0.29) is 0 Å². The topological polar surface area (TPSA) is 70.0 Å². The normalized spacial score (nSPS) is 27.9. The highest BCUT2D eigenvalue weighted by Gasteiger charge is 2.40. The van der Waals surface area contributed by atoms with Gasteiger partial charge in [-0.25, -0.2) is 0 Å². The number of aliphatic hydroxyl groups is 1. The fourth-order valence-corrected chi connectivity index (χ4v) is 2.54. The summed E-state index contributed by atoms with van der Waals surface area (Å²) in [5, 5.41) is 19.0. The summed E-state index contributed by atoms with van der Waals surface area (Å²) in [5.74, 6) is -0.717. The Labute approximate surface area is 102 Å². The lowest BCUT2D eigenvalue weighted by atomic mass is 9.77. The summed E-state index contributed by atoms with van der Waals surface area (Å²) < 4.78 is 4.88. The maximum absolute atomic E-state index is 11.4. The smallest absolute Gasteiger partial charge is 0.310 e. The van der Waals surface area contributed by atoms with Crippen LogP contribution in [0.2, 0.25) is 0 Å². The van der Waals surface area contributed by atoms with Gasteiger partial charge in [-0.15, -0.1) is 0 Å². The van der Waals surface area contributed by atoms with Crippen LogP contribution in [0.4, 0.5) is 0 Å². The number of carbonyl (C=O) groups is 1. The van der Waals surface area contributed by atoms with E-state index in [9.17, 15) is 15.0 Å². The summed E-state index contributed by atoms with van der Waals surface area (Å²) in [5.41, 5.74) is -0.634. The van der Waals surface area contributed by atoms with Crippen molar-refractivity contribution in [2.75, 3.05) is 33.4 Å². The molecule has 100 valence electrons. The number of aliphatic carboxylic acids is 1. The number of ether oxygens (including phenoxy) is 1. The molecule has 5 heteroatoms. The summed E-state index contributed by atoms with van der Waals surface area (Å²) in [4.78, 5) is 13.4. The molecule has 1 heterocycles. The van der Waals surface area contributed by atoms with Crippen LogP contribution < -0.4 is 0 Å². The predicted molar refractivity (Wildman–Crippen MR) is 63.9 cm³/mol. The zero-order valence-corrected chi connectivity index (χ0v) is 10.7. The Kier molecular flexibility index (Phi) is 5.36. The number of rotatable bonds is 6. The standard InChI is InChI=1S/C12H23NO4/c1-3-12(11(15)16)5-4-6-13(9-12)7-10(14)8-17-2/h10,14H,3-9H2,1-2H3,(H,15,16). The number of piperidine rings is 1. The fraction of sp³-hybridized carbons (Fsp3) is 0.917. The van der Waals surface area contributed by atoms with E-state index in [0.717, 1.165) is 19.4 Å². The van der Waals surface area contributed by atoms with Gasteiger partial charge in [0.2, 0.25) is 0 Å². The van der Waals surface area contributed by atoms with E-state index in [4.69, 9.17) is 4.74 Å². The van der Waals surface area contributed by atoms with Crippen LogP contribution in [0.1, 0.15) is 26.2 Å². The van der Waals surface area contributed by atoms with Gasteiger partial charge < -0.3 is 14.9 Å². The molecular weight excluding hydrogens is 222 g/mol. The van der Waals surface area contributed by atoms with E-state index in [1.165, 1.54) is 0 Å². The number of nitrogens with zero attached hydrogens (tertiary/aromatic N) is 1.